The van der Waals surface area contributed by atoms with Gasteiger partial charge in [0.1, 0.15) is 16.6 Å². The second kappa shape index (κ2) is 9.75. The highest BCUT2D eigenvalue weighted by atomic mass is 35.5. The fourth-order valence-electron chi connectivity index (χ4n) is 1.25. The van der Waals surface area contributed by atoms with E-state index in [0.717, 1.165) is 13.0 Å². The predicted octanol–water partition coefficient (Wildman–Crippen LogP) is 1.49. The Morgan fingerprint density at radius 2 is 1.63 bits per heavy atom. The van der Waals surface area contributed by atoms with Gasteiger partial charge in [0.05, 0.1) is 0 Å². The Hall–Kier alpha value is -1.14. The Kier molecular flexibility index (Phi) is 10.4. The third-order valence-electron chi connectivity index (χ3n) is 2.63. The van der Waals surface area contributed by atoms with E-state index in [-0.39, 0.29) is 5.78 Å². The Bertz CT molecular complexity index is 297. The summed E-state index contributed by atoms with van der Waals surface area (Å²) in [5.74, 6) is -2.13. The van der Waals surface area contributed by atoms with Crippen molar-refractivity contribution in [3.63, 3.8) is 0 Å². The molecule has 0 aromatic heterocycles. The van der Waals surface area contributed by atoms with Gasteiger partial charge in [-0.05, 0) is 33.2 Å². The first-order chi connectivity index (χ1) is 8.65. The first-order valence-electron chi connectivity index (χ1n) is 5.97. The number of alkyl halides is 1. The summed E-state index contributed by atoms with van der Waals surface area (Å²) in [6, 6.07) is 0. The number of Topliss-reactive ketones (excluding diaryl/α,β-unsaturated/α-hetero) is 1. The number of rotatable bonds is 3. The van der Waals surface area contributed by atoms with Gasteiger partial charge in [0, 0.05) is 0 Å². The number of halogens is 1. The van der Waals surface area contributed by atoms with Crippen molar-refractivity contribution in [1.82, 2.24) is 0 Å². The SMILES string of the molecule is CC(=O)C1(C(=O)O)CCC1.CC(Cl)C(=O)O.CCN. The number of aliphatic carboxylic acids is 2. The van der Waals surface area contributed by atoms with Crippen molar-refractivity contribution in [2.75, 3.05) is 6.54 Å². The van der Waals surface area contributed by atoms with Gasteiger partial charge in [-0.3, -0.25) is 14.4 Å². The molecule has 1 fully saturated rings. The minimum absolute atomic E-state index is 0.203. The van der Waals surface area contributed by atoms with E-state index in [9.17, 15) is 14.4 Å². The molecule has 0 heterocycles. The quantitative estimate of drug-likeness (QED) is 0.536. The van der Waals surface area contributed by atoms with Crippen molar-refractivity contribution in [3.05, 3.63) is 0 Å². The smallest absolute Gasteiger partial charge is 0.321 e. The fourth-order valence-corrected chi connectivity index (χ4v) is 1.25. The molecule has 1 saturated carbocycles. The van der Waals surface area contributed by atoms with Crippen LogP contribution in [0.2, 0.25) is 0 Å². The summed E-state index contributed by atoms with van der Waals surface area (Å²) in [4.78, 5) is 30.9. The molecule has 0 aromatic rings. The molecule has 0 bridgehead atoms. The number of hydrogen-bond acceptors (Lipinski definition) is 4. The highest BCUT2D eigenvalue weighted by Gasteiger charge is 2.48. The van der Waals surface area contributed by atoms with E-state index in [1.54, 1.807) is 0 Å². The molecule has 7 heteroatoms. The number of carbonyl (C=O) groups excluding carboxylic acids is 1. The van der Waals surface area contributed by atoms with Crippen LogP contribution in [-0.4, -0.2) is 39.9 Å². The van der Waals surface area contributed by atoms with E-state index in [0.29, 0.717) is 12.8 Å². The third-order valence-corrected chi connectivity index (χ3v) is 2.82. The molecule has 1 unspecified atom stereocenters. The maximum Gasteiger partial charge on any atom is 0.321 e. The van der Waals surface area contributed by atoms with Gasteiger partial charge in [-0.2, -0.15) is 0 Å². The zero-order chi connectivity index (χ0) is 15.6. The van der Waals surface area contributed by atoms with Crippen molar-refractivity contribution in [1.29, 1.82) is 0 Å². The summed E-state index contributed by atoms with van der Waals surface area (Å²) in [5.41, 5.74) is 3.85. The summed E-state index contributed by atoms with van der Waals surface area (Å²) in [5, 5.41) is 15.7. The molecule has 112 valence electrons. The van der Waals surface area contributed by atoms with Crippen molar-refractivity contribution >= 4 is 29.3 Å². The molecule has 0 spiro atoms. The van der Waals surface area contributed by atoms with E-state index in [1.807, 2.05) is 6.92 Å². The van der Waals surface area contributed by atoms with Crippen molar-refractivity contribution in [2.24, 2.45) is 11.1 Å². The predicted molar refractivity (Wildman–Crippen MR) is 72.3 cm³/mol. The van der Waals surface area contributed by atoms with Crippen LogP contribution >= 0.6 is 11.6 Å². The lowest BCUT2D eigenvalue weighted by atomic mass is 9.66. The largest absolute Gasteiger partial charge is 0.480 e. The highest BCUT2D eigenvalue weighted by molar-refractivity contribution is 6.29. The summed E-state index contributed by atoms with van der Waals surface area (Å²) >= 11 is 5.01. The van der Waals surface area contributed by atoms with Crippen LogP contribution in [-0.2, 0) is 14.4 Å². The first-order valence-corrected chi connectivity index (χ1v) is 6.40. The molecule has 4 N–H and O–H groups in total. The minimum atomic E-state index is -1.00. The zero-order valence-corrected chi connectivity index (χ0v) is 12.2. The molecule has 0 radical (unpaired) electrons. The second-order valence-electron chi connectivity index (χ2n) is 4.16. The van der Waals surface area contributed by atoms with Crippen LogP contribution < -0.4 is 5.73 Å². The number of hydrogen-bond donors (Lipinski definition) is 3. The Labute approximate surface area is 117 Å². The van der Waals surface area contributed by atoms with Crippen LogP contribution in [0.5, 0.6) is 0 Å². The number of carboxylic acid groups (broad SMARTS) is 2. The maximum atomic E-state index is 10.8. The van der Waals surface area contributed by atoms with Crippen LogP contribution in [0.15, 0.2) is 0 Å². The molecule has 1 atom stereocenters. The van der Waals surface area contributed by atoms with Crippen LogP contribution in [0.3, 0.4) is 0 Å². The molecule has 1 aliphatic rings. The summed E-state index contributed by atoms with van der Waals surface area (Å²) in [7, 11) is 0. The lowest BCUT2D eigenvalue weighted by molar-refractivity contribution is -0.160. The first kappa shape index (κ1) is 20.2. The minimum Gasteiger partial charge on any atom is -0.480 e. The lowest BCUT2D eigenvalue weighted by Gasteiger charge is -2.34. The molecule has 19 heavy (non-hydrogen) atoms. The van der Waals surface area contributed by atoms with Gasteiger partial charge in [0.2, 0.25) is 0 Å². The monoisotopic (exact) mass is 295 g/mol. The van der Waals surface area contributed by atoms with Crippen LogP contribution in [0.25, 0.3) is 0 Å². The van der Waals surface area contributed by atoms with E-state index in [1.165, 1.54) is 13.8 Å². The fraction of sp³-hybridized carbons (Fsp3) is 0.750. The number of carbonyl (C=O) groups is 3. The summed E-state index contributed by atoms with van der Waals surface area (Å²) in [6.45, 7) is 5.41. The normalized spacial score (nSPS) is 16.5. The Morgan fingerprint density at radius 3 is 1.63 bits per heavy atom. The van der Waals surface area contributed by atoms with Gasteiger partial charge in [-0.15, -0.1) is 11.6 Å². The Morgan fingerprint density at radius 1 is 1.32 bits per heavy atom. The number of ketones is 1. The molecule has 0 saturated heterocycles. The molecule has 6 nitrogen and oxygen atoms in total. The van der Waals surface area contributed by atoms with Gasteiger partial charge in [0.25, 0.3) is 0 Å². The van der Waals surface area contributed by atoms with Gasteiger partial charge in [-0.25, -0.2) is 0 Å². The standard InChI is InChI=1S/C7H10O3.C3H5ClO2.C2H7N/c1-5(8)7(6(9)10)3-2-4-7;1-2(4)3(5)6;1-2-3/h2-4H2,1H3,(H,9,10);2H,1H3,(H,5,6);2-3H2,1H3. The maximum absolute atomic E-state index is 10.8. The van der Waals surface area contributed by atoms with Crippen LogP contribution in [0.4, 0.5) is 0 Å². The van der Waals surface area contributed by atoms with Crippen molar-refractivity contribution in [2.45, 2.75) is 45.4 Å². The average Bonchev–Trinajstić information content (AvgIpc) is 2.15. The molecule has 1 aliphatic carbocycles. The number of carboxylic acids is 2. The second-order valence-corrected chi connectivity index (χ2v) is 4.81. The zero-order valence-electron chi connectivity index (χ0n) is 11.5. The van der Waals surface area contributed by atoms with Crippen molar-refractivity contribution < 1.29 is 24.6 Å². The lowest BCUT2D eigenvalue weighted by Crippen LogP contribution is -2.43. The van der Waals surface area contributed by atoms with E-state index in [4.69, 9.17) is 27.5 Å². The van der Waals surface area contributed by atoms with Crippen LogP contribution in [0, 0.1) is 5.41 Å². The summed E-state index contributed by atoms with van der Waals surface area (Å²) < 4.78 is 0. The Balaban J connectivity index is 0. The highest BCUT2D eigenvalue weighted by Crippen LogP contribution is 2.41. The molecule has 0 aliphatic heterocycles. The van der Waals surface area contributed by atoms with Crippen molar-refractivity contribution in [3.8, 4) is 0 Å². The van der Waals surface area contributed by atoms with E-state index in [2.05, 4.69) is 0 Å². The topological polar surface area (TPSA) is 118 Å². The average molecular weight is 296 g/mol. The summed E-state index contributed by atoms with van der Waals surface area (Å²) in [6.07, 6.45) is 1.92. The van der Waals surface area contributed by atoms with Gasteiger partial charge >= 0.3 is 11.9 Å². The molecule has 0 amide bonds. The van der Waals surface area contributed by atoms with E-state index < -0.39 is 22.7 Å². The molecular formula is C12H22ClNO5. The third kappa shape index (κ3) is 7.12. The van der Waals surface area contributed by atoms with Gasteiger partial charge in [0.15, 0.2) is 0 Å². The molecule has 0 aromatic carbocycles. The number of nitrogens with two attached hydrogens (primary N) is 1. The van der Waals surface area contributed by atoms with Gasteiger partial charge in [-0.1, -0.05) is 13.3 Å². The molecular weight excluding hydrogens is 274 g/mol. The van der Waals surface area contributed by atoms with Crippen LogP contribution in [0.1, 0.15) is 40.0 Å². The van der Waals surface area contributed by atoms with Gasteiger partial charge < -0.3 is 15.9 Å². The van der Waals surface area contributed by atoms with E-state index >= 15 is 0 Å². The molecule has 1 rings (SSSR count).